The summed E-state index contributed by atoms with van der Waals surface area (Å²) >= 11 is 0. The van der Waals surface area contributed by atoms with Crippen molar-refractivity contribution in [3.63, 3.8) is 0 Å². The van der Waals surface area contributed by atoms with E-state index >= 15 is 0 Å². The molecule has 138 valence electrons. The van der Waals surface area contributed by atoms with Gasteiger partial charge in [0.1, 0.15) is 5.75 Å². The molecule has 0 aliphatic heterocycles. The number of carbonyl (C=O) groups excluding carboxylic acids is 1. The van der Waals surface area contributed by atoms with Crippen molar-refractivity contribution in [2.45, 2.75) is 26.9 Å². The molecule has 1 N–H and O–H groups in total. The van der Waals surface area contributed by atoms with E-state index in [2.05, 4.69) is 19.2 Å². The Morgan fingerprint density at radius 3 is 2.38 bits per heavy atom. The first kappa shape index (κ1) is 19.2. The van der Waals surface area contributed by atoms with E-state index in [0.29, 0.717) is 18.2 Å². The van der Waals surface area contributed by atoms with E-state index in [-0.39, 0.29) is 11.4 Å². The minimum atomic E-state index is -0.895. The van der Waals surface area contributed by atoms with Crippen LogP contribution in [0.4, 0.5) is 11.4 Å². The average molecular weight is 358 g/mol. The molecule has 0 saturated carbocycles. The second kappa shape index (κ2) is 8.84. The Morgan fingerprint density at radius 2 is 1.77 bits per heavy atom. The number of para-hydroxylation sites is 2. The molecule has 1 atom stereocenters. The molecule has 0 aliphatic carbocycles. The third kappa shape index (κ3) is 5.47. The molecule has 0 bridgehead atoms. The molecule has 2 aromatic carbocycles. The molecule has 0 saturated heterocycles. The minimum Gasteiger partial charge on any atom is -0.493 e. The van der Waals surface area contributed by atoms with Crippen LogP contribution in [-0.2, 0) is 4.79 Å². The Labute approximate surface area is 152 Å². The highest BCUT2D eigenvalue weighted by Gasteiger charge is 2.20. The van der Waals surface area contributed by atoms with Gasteiger partial charge in [0.05, 0.1) is 11.5 Å². The van der Waals surface area contributed by atoms with Crippen LogP contribution in [0, 0.1) is 16.0 Å². The number of anilines is 1. The molecule has 0 aromatic heterocycles. The molecule has 0 heterocycles. The van der Waals surface area contributed by atoms with Crippen LogP contribution in [0.25, 0.3) is 0 Å². The second-order valence-electron chi connectivity index (χ2n) is 6.20. The number of ether oxygens (including phenoxy) is 2. The first-order chi connectivity index (χ1) is 12.4. The van der Waals surface area contributed by atoms with Gasteiger partial charge in [0.15, 0.2) is 11.9 Å². The molecule has 0 spiro atoms. The Bertz CT molecular complexity index is 759. The van der Waals surface area contributed by atoms with Gasteiger partial charge in [-0.05, 0) is 43.2 Å². The number of hydrogen-bond donors (Lipinski definition) is 1. The van der Waals surface area contributed by atoms with E-state index in [1.807, 2.05) is 0 Å². The molecule has 7 heteroatoms. The summed E-state index contributed by atoms with van der Waals surface area (Å²) in [4.78, 5) is 22.7. The maximum atomic E-state index is 12.3. The largest absolute Gasteiger partial charge is 0.493 e. The lowest BCUT2D eigenvalue weighted by Crippen LogP contribution is -2.30. The number of amides is 1. The molecule has 0 radical (unpaired) electrons. The van der Waals surface area contributed by atoms with Crippen molar-refractivity contribution in [1.82, 2.24) is 0 Å². The lowest BCUT2D eigenvalue weighted by Gasteiger charge is -2.15. The van der Waals surface area contributed by atoms with Crippen molar-refractivity contribution >= 4 is 17.3 Å². The van der Waals surface area contributed by atoms with Crippen molar-refractivity contribution in [3.8, 4) is 11.5 Å². The fourth-order valence-electron chi connectivity index (χ4n) is 2.09. The molecular weight excluding hydrogens is 336 g/mol. The van der Waals surface area contributed by atoms with Crippen LogP contribution in [0.5, 0.6) is 11.5 Å². The Morgan fingerprint density at radius 1 is 1.12 bits per heavy atom. The third-order valence-electron chi connectivity index (χ3n) is 3.44. The summed E-state index contributed by atoms with van der Waals surface area (Å²) in [5.41, 5.74) is 0.406. The Balaban J connectivity index is 1.96. The van der Waals surface area contributed by atoms with E-state index in [1.54, 1.807) is 36.4 Å². The molecule has 1 amide bonds. The van der Waals surface area contributed by atoms with E-state index in [4.69, 9.17) is 9.47 Å². The van der Waals surface area contributed by atoms with Gasteiger partial charge in [-0.3, -0.25) is 14.9 Å². The zero-order valence-corrected chi connectivity index (χ0v) is 15.0. The predicted molar refractivity (Wildman–Crippen MR) is 98.6 cm³/mol. The van der Waals surface area contributed by atoms with Crippen LogP contribution >= 0.6 is 0 Å². The molecule has 2 rings (SSSR count). The topological polar surface area (TPSA) is 90.7 Å². The Kier molecular flexibility index (Phi) is 6.54. The summed E-state index contributed by atoms with van der Waals surface area (Å²) in [6, 6.07) is 12.9. The standard InChI is InChI=1S/C19H22N2O5/c1-13(2)12-25-16-10-8-15(9-11-16)20-19(22)14(3)26-18-7-5-4-6-17(18)21(23)24/h4-11,13-14H,12H2,1-3H3,(H,20,22). The quantitative estimate of drug-likeness (QED) is 0.568. The summed E-state index contributed by atoms with van der Waals surface area (Å²) < 4.78 is 11.0. The highest BCUT2D eigenvalue weighted by Crippen LogP contribution is 2.27. The fourth-order valence-corrected chi connectivity index (χ4v) is 2.09. The van der Waals surface area contributed by atoms with Gasteiger partial charge in [0, 0.05) is 11.8 Å². The maximum Gasteiger partial charge on any atom is 0.310 e. The zero-order valence-electron chi connectivity index (χ0n) is 15.0. The van der Waals surface area contributed by atoms with E-state index < -0.39 is 16.9 Å². The monoisotopic (exact) mass is 358 g/mol. The van der Waals surface area contributed by atoms with Gasteiger partial charge in [-0.15, -0.1) is 0 Å². The van der Waals surface area contributed by atoms with Gasteiger partial charge < -0.3 is 14.8 Å². The van der Waals surface area contributed by atoms with Gasteiger partial charge in [0.2, 0.25) is 0 Å². The van der Waals surface area contributed by atoms with Crippen molar-refractivity contribution in [3.05, 3.63) is 58.6 Å². The number of nitrogens with one attached hydrogen (secondary N) is 1. The molecule has 0 aliphatic rings. The molecule has 1 unspecified atom stereocenters. The summed E-state index contributed by atoms with van der Waals surface area (Å²) in [7, 11) is 0. The van der Waals surface area contributed by atoms with E-state index in [9.17, 15) is 14.9 Å². The summed E-state index contributed by atoms with van der Waals surface area (Å²) in [5.74, 6) is 0.798. The molecule has 0 fully saturated rings. The summed E-state index contributed by atoms with van der Waals surface area (Å²) in [5, 5.41) is 13.7. The first-order valence-corrected chi connectivity index (χ1v) is 8.30. The van der Waals surface area contributed by atoms with Crippen molar-refractivity contribution in [1.29, 1.82) is 0 Å². The van der Waals surface area contributed by atoms with Crippen molar-refractivity contribution in [2.75, 3.05) is 11.9 Å². The van der Waals surface area contributed by atoms with Crippen LogP contribution in [0.15, 0.2) is 48.5 Å². The number of nitrogens with zero attached hydrogens (tertiary/aromatic N) is 1. The summed E-state index contributed by atoms with van der Waals surface area (Å²) in [6.45, 7) is 6.28. The average Bonchev–Trinajstić information content (AvgIpc) is 2.61. The zero-order chi connectivity index (χ0) is 19.1. The highest BCUT2D eigenvalue weighted by atomic mass is 16.6. The van der Waals surface area contributed by atoms with Crippen LogP contribution < -0.4 is 14.8 Å². The molecular formula is C19H22N2O5. The SMILES string of the molecule is CC(C)COc1ccc(NC(=O)C(C)Oc2ccccc2[N+](=O)[O-])cc1. The number of nitro benzene ring substituents is 1. The molecule has 7 nitrogen and oxygen atoms in total. The lowest BCUT2D eigenvalue weighted by atomic mass is 10.2. The van der Waals surface area contributed by atoms with E-state index in [0.717, 1.165) is 5.75 Å². The lowest BCUT2D eigenvalue weighted by molar-refractivity contribution is -0.386. The fraction of sp³-hybridized carbons (Fsp3) is 0.316. The van der Waals surface area contributed by atoms with Gasteiger partial charge in [-0.25, -0.2) is 0 Å². The molecule has 2 aromatic rings. The molecule has 26 heavy (non-hydrogen) atoms. The number of nitro groups is 1. The normalized spacial score (nSPS) is 11.7. The Hall–Kier alpha value is -3.09. The van der Waals surface area contributed by atoms with Crippen LogP contribution in [0.2, 0.25) is 0 Å². The number of hydrogen-bond acceptors (Lipinski definition) is 5. The van der Waals surface area contributed by atoms with E-state index in [1.165, 1.54) is 19.1 Å². The van der Waals surface area contributed by atoms with Crippen molar-refractivity contribution < 1.29 is 19.2 Å². The third-order valence-corrected chi connectivity index (χ3v) is 3.44. The van der Waals surface area contributed by atoms with Crippen molar-refractivity contribution in [2.24, 2.45) is 5.92 Å². The predicted octanol–water partition coefficient (Wildman–Crippen LogP) is 4.04. The summed E-state index contributed by atoms with van der Waals surface area (Å²) in [6.07, 6.45) is -0.895. The van der Waals surface area contributed by atoms with Gasteiger partial charge >= 0.3 is 5.69 Å². The maximum absolute atomic E-state index is 12.3. The first-order valence-electron chi connectivity index (χ1n) is 8.30. The second-order valence-corrected chi connectivity index (χ2v) is 6.20. The van der Waals surface area contributed by atoms with Crippen LogP contribution in [0.3, 0.4) is 0 Å². The smallest absolute Gasteiger partial charge is 0.310 e. The number of rotatable bonds is 8. The highest BCUT2D eigenvalue weighted by molar-refractivity contribution is 5.94. The number of carbonyl (C=O) groups is 1. The van der Waals surface area contributed by atoms with Gasteiger partial charge in [-0.1, -0.05) is 26.0 Å². The minimum absolute atomic E-state index is 0.0533. The van der Waals surface area contributed by atoms with Gasteiger partial charge in [-0.2, -0.15) is 0 Å². The van der Waals surface area contributed by atoms with Gasteiger partial charge in [0.25, 0.3) is 5.91 Å². The van der Waals surface area contributed by atoms with Crippen LogP contribution in [-0.4, -0.2) is 23.5 Å². The van der Waals surface area contributed by atoms with Crippen LogP contribution in [0.1, 0.15) is 20.8 Å². The number of benzene rings is 2.